The van der Waals surface area contributed by atoms with Crippen LogP contribution in [0, 0.1) is 0 Å². The molecule has 0 radical (unpaired) electrons. The smallest absolute Gasteiger partial charge is 0.234 e. The van der Waals surface area contributed by atoms with Gasteiger partial charge in [-0.05, 0) is 32.2 Å². The predicted octanol–water partition coefficient (Wildman–Crippen LogP) is 0.0100. The van der Waals surface area contributed by atoms with Gasteiger partial charge in [0.1, 0.15) is 0 Å². The van der Waals surface area contributed by atoms with Crippen molar-refractivity contribution in [1.29, 1.82) is 0 Å². The molecular weight excluding hydrogens is 240 g/mol. The van der Waals surface area contributed by atoms with E-state index in [-0.39, 0.29) is 5.91 Å². The summed E-state index contributed by atoms with van der Waals surface area (Å²) in [7, 11) is 0. The summed E-state index contributed by atoms with van der Waals surface area (Å²) in [5.41, 5.74) is 5.86. The number of likely N-dealkylation sites (tertiary alicyclic amines) is 1. The zero-order chi connectivity index (χ0) is 13.7. The predicted molar refractivity (Wildman–Crippen MR) is 76.9 cm³/mol. The van der Waals surface area contributed by atoms with Crippen molar-refractivity contribution in [3.05, 3.63) is 0 Å². The van der Waals surface area contributed by atoms with Crippen molar-refractivity contribution in [2.75, 3.05) is 39.3 Å². The summed E-state index contributed by atoms with van der Waals surface area (Å²) in [5.74, 6) is 0.155. The molecule has 1 aliphatic heterocycles. The molecule has 0 spiro atoms. The molecule has 1 amide bonds. The van der Waals surface area contributed by atoms with E-state index in [0.29, 0.717) is 12.6 Å². The Labute approximate surface area is 116 Å². The number of piperidine rings is 1. The normalized spacial score (nSPS) is 21.8. The molecule has 0 atom stereocenters. The third kappa shape index (κ3) is 5.09. The number of nitrogens with zero attached hydrogens (tertiary/aromatic N) is 2. The number of hydrogen-bond acceptors (Lipinski definition) is 4. The Morgan fingerprint density at radius 1 is 1.32 bits per heavy atom. The van der Waals surface area contributed by atoms with Crippen LogP contribution in [0.1, 0.15) is 32.6 Å². The lowest BCUT2D eigenvalue weighted by molar-refractivity contribution is -0.122. The first-order chi connectivity index (χ1) is 9.19. The molecule has 110 valence electrons. The minimum Gasteiger partial charge on any atom is -0.354 e. The number of carbonyl (C=O) groups is 1. The van der Waals surface area contributed by atoms with E-state index in [1.807, 2.05) is 0 Å². The van der Waals surface area contributed by atoms with E-state index >= 15 is 0 Å². The number of carbonyl (C=O) groups excluding carboxylic acids is 1. The first kappa shape index (κ1) is 14.8. The number of nitrogens with two attached hydrogens (primary N) is 1. The fourth-order valence-corrected chi connectivity index (χ4v) is 2.75. The standard InChI is InChI=1S/C14H28N4O/c1-2-18(13-3-4-13)10-7-16-14(19)11-17-8-5-12(15)6-9-17/h12-13H,2-11,15H2,1H3,(H,16,19). The Hall–Kier alpha value is -0.650. The molecule has 1 saturated heterocycles. The number of nitrogens with one attached hydrogen (secondary N) is 1. The molecule has 2 rings (SSSR count). The SMILES string of the molecule is CCN(CCNC(=O)CN1CCC(N)CC1)C1CC1. The zero-order valence-electron chi connectivity index (χ0n) is 12.1. The van der Waals surface area contributed by atoms with Gasteiger partial charge in [-0.15, -0.1) is 0 Å². The van der Waals surface area contributed by atoms with Gasteiger partial charge in [0.05, 0.1) is 6.54 Å². The van der Waals surface area contributed by atoms with Gasteiger partial charge < -0.3 is 11.1 Å². The third-order valence-corrected chi connectivity index (χ3v) is 4.19. The zero-order valence-corrected chi connectivity index (χ0v) is 12.1. The van der Waals surface area contributed by atoms with Gasteiger partial charge in [-0.2, -0.15) is 0 Å². The maximum absolute atomic E-state index is 11.8. The van der Waals surface area contributed by atoms with E-state index in [1.54, 1.807) is 0 Å². The van der Waals surface area contributed by atoms with Crippen molar-refractivity contribution in [3.63, 3.8) is 0 Å². The molecule has 0 aromatic heterocycles. The maximum atomic E-state index is 11.8. The number of amides is 1. The van der Waals surface area contributed by atoms with Gasteiger partial charge in [-0.25, -0.2) is 0 Å². The van der Waals surface area contributed by atoms with Crippen LogP contribution < -0.4 is 11.1 Å². The maximum Gasteiger partial charge on any atom is 0.234 e. The van der Waals surface area contributed by atoms with Gasteiger partial charge in [0.2, 0.25) is 5.91 Å². The molecule has 19 heavy (non-hydrogen) atoms. The highest BCUT2D eigenvalue weighted by Gasteiger charge is 2.27. The molecular formula is C14H28N4O. The highest BCUT2D eigenvalue weighted by atomic mass is 16.2. The topological polar surface area (TPSA) is 61.6 Å². The largest absolute Gasteiger partial charge is 0.354 e. The van der Waals surface area contributed by atoms with Gasteiger partial charge in [0, 0.05) is 38.3 Å². The van der Waals surface area contributed by atoms with Crippen LogP contribution in [0.3, 0.4) is 0 Å². The van der Waals surface area contributed by atoms with Crippen LogP contribution in [0.15, 0.2) is 0 Å². The molecule has 0 bridgehead atoms. The van der Waals surface area contributed by atoms with Crippen LogP contribution in [0.25, 0.3) is 0 Å². The molecule has 2 aliphatic rings. The molecule has 1 heterocycles. The Bertz CT molecular complexity index is 285. The van der Waals surface area contributed by atoms with Gasteiger partial charge in [-0.3, -0.25) is 14.6 Å². The molecule has 5 nitrogen and oxygen atoms in total. The van der Waals surface area contributed by atoms with Gasteiger partial charge in [-0.1, -0.05) is 6.92 Å². The highest BCUT2D eigenvalue weighted by Crippen LogP contribution is 2.25. The molecule has 1 aliphatic carbocycles. The van der Waals surface area contributed by atoms with E-state index in [4.69, 9.17) is 5.73 Å². The van der Waals surface area contributed by atoms with Gasteiger partial charge in [0.25, 0.3) is 0 Å². The minimum atomic E-state index is 0.155. The van der Waals surface area contributed by atoms with E-state index in [0.717, 1.165) is 51.6 Å². The first-order valence-corrected chi connectivity index (χ1v) is 7.67. The van der Waals surface area contributed by atoms with Crippen LogP contribution in [0.2, 0.25) is 0 Å². The summed E-state index contributed by atoms with van der Waals surface area (Å²) in [5, 5.41) is 3.04. The molecule has 1 saturated carbocycles. The Kier molecular flexibility index (Phi) is 5.60. The quantitative estimate of drug-likeness (QED) is 0.683. The van der Waals surface area contributed by atoms with Crippen LogP contribution in [-0.2, 0) is 4.79 Å². The molecule has 0 aromatic carbocycles. The molecule has 3 N–H and O–H groups in total. The van der Waals surface area contributed by atoms with Crippen molar-refractivity contribution in [1.82, 2.24) is 15.1 Å². The van der Waals surface area contributed by atoms with E-state index in [2.05, 4.69) is 22.0 Å². The lowest BCUT2D eigenvalue weighted by atomic mass is 10.1. The highest BCUT2D eigenvalue weighted by molar-refractivity contribution is 5.78. The summed E-state index contributed by atoms with van der Waals surface area (Å²) >= 11 is 0. The van der Waals surface area contributed by atoms with Crippen LogP contribution in [-0.4, -0.2) is 67.1 Å². The number of likely N-dealkylation sites (N-methyl/N-ethyl adjacent to an activating group) is 1. The molecule has 5 heteroatoms. The second-order valence-electron chi connectivity index (χ2n) is 5.82. The van der Waals surface area contributed by atoms with Gasteiger partial charge in [0.15, 0.2) is 0 Å². The Balaban J connectivity index is 1.56. The van der Waals surface area contributed by atoms with Gasteiger partial charge >= 0.3 is 0 Å². The summed E-state index contributed by atoms with van der Waals surface area (Å²) in [4.78, 5) is 16.5. The fourth-order valence-electron chi connectivity index (χ4n) is 2.75. The second kappa shape index (κ2) is 7.22. The summed E-state index contributed by atoms with van der Waals surface area (Å²) in [6, 6.07) is 1.11. The molecule has 0 aromatic rings. The van der Waals surface area contributed by atoms with Crippen molar-refractivity contribution in [2.45, 2.75) is 44.7 Å². The Morgan fingerprint density at radius 3 is 2.58 bits per heavy atom. The monoisotopic (exact) mass is 268 g/mol. The Morgan fingerprint density at radius 2 is 2.00 bits per heavy atom. The lowest BCUT2D eigenvalue weighted by Gasteiger charge is -2.29. The average Bonchev–Trinajstić information content (AvgIpc) is 3.22. The van der Waals surface area contributed by atoms with Crippen molar-refractivity contribution >= 4 is 5.91 Å². The summed E-state index contributed by atoms with van der Waals surface area (Å²) in [6.45, 7) is 7.48. The minimum absolute atomic E-state index is 0.155. The van der Waals surface area contributed by atoms with Crippen molar-refractivity contribution in [3.8, 4) is 0 Å². The summed E-state index contributed by atoms with van der Waals surface area (Å²) in [6.07, 6.45) is 4.68. The van der Waals surface area contributed by atoms with E-state index in [9.17, 15) is 4.79 Å². The average molecular weight is 268 g/mol. The molecule has 0 unspecified atom stereocenters. The number of rotatable bonds is 7. The molecule has 2 fully saturated rings. The van der Waals surface area contributed by atoms with Crippen molar-refractivity contribution in [2.24, 2.45) is 5.73 Å². The van der Waals surface area contributed by atoms with Crippen molar-refractivity contribution < 1.29 is 4.79 Å². The van der Waals surface area contributed by atoms with Crippen LogP contribution in [0.5, 0.6) is 0 Å². The second-order valence-corrected chi connectivity index (χ2v) is 5.82. The number of hydrogen-bond donors (Lipinski definition) is 2. The lowest BCUT2D eigenvalue weighted by Crippen LogP contribution is -2.45. The summed E-state index contributed by atoms with van der Waals surface area (Å²) < 4.78 is 0. The van der Waals surface area contributed by atoms with Crippen LogP contribution in [0.4, 0.5) is 0 Å². The van der Waals surface area contributed by atoms with E-state index in [1.165, 1.54) is 12.8 Å². The van der Waals surface area contributed by atoms with Crippen LogP contribution >= 0.6 is 0 Å². The fraction of sp³-hybridized carbons (Fsp3) is 0.929. The first-order valence-electron chi connectivity index (χ1n) is 7.67. The van der Waals surface area contributed by atoms with E-state index < -0.39 is 0 Å². The third-order valence-electron chi connectivity index (χ3n) is 4.19.